The number of benzene rings is 2. The van der Waals surface area contributed by atoms with Crippen LogP contribution in [-0.2, 0) is 6.18 Å². The van der Waals surface area contributed by atoms with Gasteiger partial charge < -0.3 is 25.9 Å². The molecule has 0 bridgehead atoms. The number of carboxylic acid groups (broad SMARTS) is 1. The number of aromatic nitrogens is 1. The van der Waals surface area contributed by atoms with Gasteiger partial charge in [-0.2, -0.15) is 13.2 Å². The second-order valence-corrected chi connectivity index (χ2v) is 7.46. The molecule has 0 radical (unpaired) electrons. The monoisotopic (exact) mass is 448 g/mol. The van der Waals surface area contributed by atoms with Crippen LogP contribution in [-0.4, -0.2) is 47.0 Å². The Bertz CT molecular complexity index is 1260. The van der Waals surface area contributed by atoms with E-state index in [1.165, 1.54) is 18.2 Å². The predicted molar refractivity (Wildman–Crippen MR) is 113 cm³/mol. The fourth-order valence-corrected chi connectivity index (χ4v) is 3.86. The van der Waals surface area contributed by atoms with Gasteiger partial charge in [0, 0.05) is 38.1 Å². The Morgan fingerprint density at radius 3 is 2.31 bits per heavy atom. The van der Waals surface area contributed by atoms with Gasteiger partial charge in [-0.1, -0.05) is 6.07 Å². The summed E-state index contributed by atoms with van der Waals surface area (Å²) in [5.74, 6) is 4.23. The first-order valence-corrected chi connectivity index (χ1v) is 9.64. The number of aromatic carboxylic acids is 1. The molecule has 1 saturated heterocycles. The van der Waals surface area contributed by atoms with Gasteiger partial charge in [-0.25, -0.2) is 4.79 Å². The Morgan fingerprint density at radius 1 is 1.03 bits per heavy atom. The van der Waals surface area contributed by atoms with Gasteiger partial charge in [0.05, 0.1) is 22.2 Å². The minimum Gasteiger partial charge on any atom is -0.506 e. The number of rotatable bonds is 3. The van der Waals surface area contributed by atoms with Crippen molar-refractivity contribution in [2.45, 2.75) is 6.18 Å². The number of phenols is 1. The number of nitrogens with two attached hydrogens (primary N) is 1. The SMILES string of the molecule is Nn1cc(C(=O)O)c(=O)c2cc(O)c(N3CCN(c4cccc(C(F)(F)F)c4)CC3)cc21. The molecule has 2 heterocycles. The molecule has 1 aliphatic rings. The number of carboxylic acids is 1. The van der Waals surface area contributed by atoms with Crippen LogP contribution in [0.5, 0.6) is 5.75 Å². The van der Waals surface area contributed by atoms with Gasteiger partial charge in [0.1, 0.15) is 11.3 Å². The van der Waals surface area contributed by atoms with Crippen LogP contribution >= 0.6 is 0 Å². The van der Waals surface area contributed by atoms with Crippen molar-refractivity contribution in [1.29, 1.82) is 0 Å². The molecule has 0 aliphatic carbocycles. The van der Waals surface area contributed by atoms with E-state index in [1.54, 1.807) is 6.07 Å². The summed E-state index contributed by atoms with van der Waals surface area (Å²) in [6.45, 7) is 1.62. The lowest BCUT2D eigenvalue weighted by atomic mass is 10.1. The van der Waals surface area contributed by atoms with E-state index < -0.39 is 28.7 Å². The molecule has 3 aromatic rings. The first-order valence-electron chi connectivity index (χ1n) is 9.64. The van der Waals surface area contributed by atoms with Crippen LogP contribution in [0.4, 0.5) is 24.5 Å². The summed E-state index contributed by atoms with van der Waals surface area (Å²) in [7, 11) is 0. The fourth-order valence-electron chi connectivity index (χ4n) is 3.86. The minimum atomic E-state index is -4.42. The first-order chi connectivity index (χ1) is 15.1. The van der Waals surface area contributed by atoms with Crippen LogP contribution < -0.4 is 21.1 Å². The number of piperazine rings is 1. The number of alkyl halides is 3. The topological polar surface area (TPSA) is 112 Å². The average Bonchev–Trinajstić information content (AvgIpc) is 2.75. The molecule has 0 unspecified atom stereocenters. The summed E-state index contributed by atoms with van der Waals surface area (Å²) in [5, 5.41) is 19.6. The van der Waals surface area contributed by atoms with Gasteiger partial charge in [-0.05, 0) is 30.3 Å². The number of nitrogens with zero attached hydrogens (tertiary/aromatic N) is 3. The van der Waals surface area contributed by atoms with Crippen LogP contribution in [0.3, 0.4) is 0 Å². The number of nitrogen functional groups attached to an aromatic ring is 1. The highest BCUT2D eigenvalue weighted by molar-refractivity contribution is 5.94. The van der Waals surface area contributed by atoms with E-state index in [1.807, 2.05) is 9.80 Å². The molecule has 8 nitrogen and oxygen atoms in total. The minimum absolute atomic E-state index is 0.0312. The van der Waals surface area contributed by atoms with Gasteiger partial charge in [0.2, 0.25) is 5.43 Å². The van der Waals surface area contributed by atoms with Crippen molar-refractivity contribution in [3.8, 4) is 5.75 Å². The highest BCUT2D eigenvalue weighted by Crippen LogP contribution is 2.34. The zero-order valence-electron chi connectivity index (χ0n) is 16.6. The second-order valence-electron chi connectivity index (χ2n) is 7.46. The second kappa shape index (κ2) is 7.66. The molecule has 0 atom stereocenters. The maximum atomic E-state index is 13.0. The van der Waals surface area contributed by atoms with Crippen molar-refractivity contribution in [1.82, 2.24) is 4.68 Å². The van der Waals surface area contributed by atoms with E-state index in [4.69, 9.17) is 10.9 Å². The molecule has 11 heteroatoms. The summed E-state index contributed by atoms with van der Waals surface area (Å²) < 4.78 is 40.0. The number of pyridine rings is 1. The summed E-state index contributed by atoms with van der Waals surface area (Å²) in [4.78, 5) is 27.3. The lowest BCUT2D eigenvalue weighted by molar-refractivity contribution is -0.137. The third kappa shape index (κ3) is 3.77. The smallest absolute Gasteiger partial charge is 0.416 e. The molecule has 0 spiro atoms. The average molecular weight is 448 g/mol. The molecule has 1 aromatic heterocycles. The van der Waals surface area contributed by atoms with Crippen LogP contribution in [0.1, 0.15) is 15.9 Å². The molecule has 1 aliphatic heterocycles. The Kier molecular flexibility index (Phi) is 5.11. The number of phenolic OH excluding ortho intramolecular Hbond substituents is 1. The molecule has 2 aromatic carbocycles. The van der Waals surface area contributed by atoms with E-state index in [0.717, 1.165) is 23.0 Å². The van der Waals surface area contributed by atoms with E-state index >= 15 is 0 Å². The summed E-state index contributed by atoms with van der Waals surface area (Å²) in [6.07, 6.45) is -3.41. The maximum absolute atomic E-state index is 13.0. The summed E-state index contributed by atoms with van der Waals surface area (Å²) in [5.41, 5.74) is -0.895. The number of hydrogen-bond acceptors (Lipinski definition) is 6. The molecule has 32 heavy (non-hydrogen) atoms. The van der Waals surface area contributed by atoms with Gasteiger partial charge in [-0.3, -0.25) is 9.47 Å². The van der Waals surface area contributed by atoms with Crippen molar-refractivity contribution >= 4 is 28.2 Å². The molecular formula is C21H19F3N4O4. The third-order valence-electron chi connectivity index (χ3n) is 5.52. The predicted octanol–water partition coefficient (Wildman–Crippen LogP) is 2.46. The van der Waals surface area contributed by atoms with Crippen LogP contribution in [0, 0.1) is 0 Å². The zero-order valence-corrected chi connectivity index (χ0v) is 16.6. The van der Waals surface area contributed by atoms with Crippen LogP contribution in [0.15, 0.2) is 47.4 Å². The van der Waals surface area contributed by atoms with E-state index in [2.05, 4.69) is 0 Å². The normalized spacial score (nSPS) is 14.7. The van der Waals surface area contributed by atoms with Gasteiger partial charge in [0.15, 0.2) is 0 Å². The molecule has 1 fully saturated rings. The molecular weight excluding hydrogens is 429 g/mol. The first kappa shape index (κ1) is 21.3. The Balaban J connectivity index is 1.60. The molecule has 168 valence electrons. The highest BCUT2D eigenvalue weighted by atomic mass is 19.4. The number of anilines is 2. The number of fused-ring (bicyclic) bond motifs is 1. The van der Waals surface area contributed by atoms with Crippen molar-refractivity contribution in [3.05, 3.63) is 63.9 Å². The van der Waals surface area contributed by atoms with Gasteiger partial charge >= 0.3 is 12.1 Å². The van der Waals surface area contributed by atoms with E-state index in [0.29, 0.717) is 37.6 Å². The van der Waals surface area contributed by atoms with Crippen LogP contribution in [0.2, 0.25) is 0 Å². The van der Waals surface area contributed by atoms with Crippen molar-refractivity contribution in [2.75, 3.05) is 41.8 Å². The molecule has 4 N–H and O–H groups in total. The molecule has 0 amide bonds. The molecule has 0 saturated carbocycles. The Labute approximate surface area is 179 Å². The number of halogens is 3. The number of aromatic hydroxyl groups is 1. The van der Waals surface area contributed by atoms with E-state index in [9.17, 15) is 27.9 Å². The third-order valence-corrected chi connectivity index (χ3v) is 5.52. The standard InChI is InChI=1S/C21H19F3N4O4/c22-21(23,24)12-2-1-3-13(8-12)26-4-6-27(7-5-26)17-10-16-14(9-18(17)29)19(30)15(20(31)32)11-28(16)25/h1-3,8-11,29H,4-7,25H2,(H,31,32). The Morgan fingerprint density at radius 2 is 1.69 bits per heavy atom. The largest absolute Gasteiger partial charge is 0.506 e. The van der Waals surface area contributed by atoms with Gasteiger partial charge in [0.25, 0.3) is 0 Å². The van der Waals surface area contributed by atoms with E-state index in [-0.39, 0.29) is 16.7 Å². The highest BCUT2D eigenvalue weighted by Gasteiger charge is 2.31. The zero-order chi connectivity index (χ0) is 23.2. The van der Waals surface area contributed by atoms with Crippen LogP contribution in [0.25, 0.3) is 10.9 Å². The quantitative estimate of drug-likeness (QED) is 0.528. The summed E-state index contributed by atoms with van der Waals surface area (Å²) >= 11 is 0. The number of hydrogen-bond donors (Lipinski definition) is 3. The number of carbonyl (C=O) groups is 1. The van der Waals surface area contributed by atoms with Gasteiger partial charge in [-0.15, -0.1) is 0 Å². The van der Waals surface area contributed by atoms with Crippen molar-refractivity contribution in [2.24, 2.45) is 0 Å². The summed E-state index contributed by atoms with van der Waals surface area (Å²) in [6, 6.07) is 7.79. The fraction of sp³-hybridized carbons (Fsp3) is 0.238. The van der Waals surface area contributed by atoms with Crippen molar-refractivity contribution in [3.63, 3.8) is 0 Å². The molecule has 4 rings (SSSR count). The lowest BCUT2D eigenvalue weighted by Crippen LogP contribution is -2.46. The lowest BCUT2D eigenvalue weighted by Gasteiger charge is -2.37. The van der Waals surface area contributed by atoms with Crippen molar-refractivity contribution < 1.29 is 28.2 Å². The Hall–Kier alpha value is -3.89. The maximum Gasteiger partial charge on any atom is 0.416 e.